The maximum atomic E-state index is 12.8. The number of nitrogens with one attached hydrogen (secondary N) is 1. The van der Waals surface area contributed by atoms with E-state index in [0.29, 0.717) is 52.0 Å². The molecule has 2 fully saturated rings. The van der Waals surface area contributed by atoms with Crippen LogP contribution in [0.2, 0.25) is 0 Å². The minimum absolute atomic E-state index is 0.0992. The molecular weight excluding hydrogens is 334 g/mol. The van der Waals surface area contributed by atoms with Gasteiger partial charge in [-0.2, -0.15) is 0 Å². The Bertz CT molecular complexity index is 679. The van der Waals surface area contributed by atoms with E-state index in [1.165, 1.54) is 0 Å². The second-order valence-electron chi connectivity index (χ2n) is 6.83. The number of carbonyl (C=O) groups excluding carboxylic acids is 3. The van der Waals surface area contributed by atoms with Crippen LogP contribution in [0, 0.1) is 5.41 Å². The number of piperazine rings is 1. The van der Waals surface area contributed by atoms with E-state index in [2.05, 4.69) is 5.32 Å². The Morgan fingerprint density at radius 3 is 2.50 bits per heavy atom. The molecule has 0 radical (unpaired) electrons. The Morgan fingerprint density at radius 2 is 1.88 bits per heavy atom. The smallest absolute Gasteiger partial charge is 0.238 e. The number of ether oxygens (including phenoxy) is 1. The lowest BCUT2D eigenvalue weighted by Crippen LogP contribution is -2.53. The van der Waals surface area contributed by atoms with Gasteiger partial charge in [-0.05, 0) is 30.9 Å². The average Bonchev–Trinajstić information content (AvgIpc) is 3.50. The Balaban J connectivity index is 1.52. The maximum absolute atomic E-state index is 12.8. The number of rotatable bonds is 7. The van der Waals surface area contributed by atoms with Crippen LogP contribution in [0.5, 0.6) is 5.75 Å². The highest BCUT2D eigenvalue weighted by Gasteiger charge is 2.58. The molecule has 1 aliphatic heterocycles. The molecule has 0 bridgehead atoms. The van der Waals surface area contributed by atoms with Gasteiger partial charge in [0.2, 0.25) is 18.2 Å². The Hall–Kier alpha value is -2.57. The van der Waals surface area contributed by atoms with Crippen molar-refractivity contribution >= 4 is 18.2 Å². The summed E-state index contributed by atoms with van der Waals surface area (Å²) < 4.78 is 5.32. The van der Waals surface area contributed by atoms with E-state index in [1.807, 2.05) is 24.3 Å². The first kappa shape index (κ1) is 18.2. The third-order valence-corrected chi connectivity index (χ3v) is 5.22. The highest BCUT2D eigenvalue weighted by molar-refractivity contribution is 6.07. The predicted octanol–water partition coefficient (Wildman–Crippen LogP) is 0.435. The SMILES string of the molecule is COc1ccccc1CCNC(=O)C1(C(=O)N2CCN(C=O)CC2)CC1. The zero-order valence-electron chi connectivity index (χ0n) is 15.1. The molecule has 3 amide bonds. The van der Waals surface area contributed by atoms with Crippen LogP contribution in [-0.4, -0.2) is 67.9 Å². The molecule has 0 unspecified atom stereocenters. The second-order valence-corrected chi connectivity index (χ2v) is 6.83. The van der Waals surface area contributed by atoms with Crippen LogP contribution < -0.4 is 10.1 Å². The monoisotopic (exact) mass is 359 g/mol. The van der Waals surface area contributed by atoms with Crippen molar-refractivity contribution in [2.75, 3.05) is 39.8 Å². The Morgan fingerprint density at radius 1 is 1.19 bits per heavy atom. The van der Waals surface area contributed by atoms with Gasteiger partial charge in [-0.3, -0.25) is 14.4 Å². The average molecular weight is 359 g/mol. The highest BCUT2D eigenvalue weighted by atomic mass is 16.5. The third kappa shape index (κ3) is 3.66. The van der Waals surface area contributed by atoms with Gasteiger partial charge in [0.25, 0.3) is 0 Å². The van der Waals surface area contributed by atoms with Crippen LogP contribution in [0.25, 0.3) is 0 Å². The fraction of sp³-hybridized carbons (Fsp3) is 0.526. The van der Waals surface area contributed by atoms with Crippen molar-refractivity contribution in [3.63, 3.8) is 0 Å². The molecule has 0 atom stereocenters. The van der Waals surface area contributed by atoms with E-state index >= 15 is 0 Å². The first-order valence-corrected chi connectivity index (χ1v) is 8.99. The molecule has 1 aromatic carbocycles. The summed E-state index contributed by atoms with van der Waals surface area (Å²) in [6.07, 6.45) is 2.65. The zero-order valence-corrected chi connectivity index (χ0v) is 15.1. The van der Waals surface area contributed by atoms with Crippen molar-refractivity contribution in [1.29, 1.82) is 0 Å². The minimum Gasteiger partial charge on any atom is -0.496 e. The molecule has 1 saturated carbocycles. The van der Waals surface area contributed by atoms with E-state index in [0.717, 1.165) is 17.7 Å². The Kier molecular flexibility index (Phi) is 5.44. The number of hydrogen-bond donors (Lipinski definition) is 1. The van der Waals surface area contributed by atoms with Crippen LogP contribution in [-0.2, 0) is 20.8 Å². The molecule has 3 rings (SSSR count). The summed E-state index contributed by atoms with van der Waals surface area (Å²) in [5.74, 6) is 0.514. The topological polar surface area (TPSA) is 79.0 Å². The molecule has 1 saturated heterocycles. The molecule has 1 N–H and O–H groups in total. The Labute approximate surface area is 153 Å². The summed E-state index contributed by atoms with van der Waals surface area (Å²) in [7, 11) is 1.62. The molecule has 2 aliphatic rings. The van der Waals surface area contributed by atoms with E-state index in [4.69, 9.17) is 4.74 Å². The normalized spacial score (nSPS) is 18.2. The van der Waals surface area contributed by atoms with Gasteiger partial charge in [-0.1, -0.05) is 18.2 Å². The molecule has 0 aromatic heterocycles. The van der Waals surface area contributed by atoms with Gasteiger partial charge in [0.1, 0.15) is 11.2 Å². The van der Waals surface area contributed by atoms with Gasteiger partial charge in [0.05, 0.1) is 7.11 Å². The summed E-state index contributed by atoms with van der Waals surface area (Å²) in [5, 5.41) is 2.92. The predicted molar refractivity (Wildman–Crippen MR) is 95.6 cm³/mol. The summed E-state index contributed by atoms with van der Waals surface area (Å²) >= 11 is 0. The highest BCUT2D eigenvalue weighted by Crippen LogP contribution is 2.47. The third-order valence-electron chi connectivity index (χ3n) is 5.22. The second kappa shape index (κ2) is 7.76. The molecular formula is C19H25N3O4. The van der Waals surface area contributed by atoms with Gasteiger partial charge in [-0.15, -0.1) is 0 Å². The zero-order chi connectivity index (χ0) is 18.6. The molecule has 7 heteroatoms. The van der Waals surface area contributed by atoms with E-state index in [1.54, 1.807) is 16.9 Å². The molecule has 1 aromatic rings. The lowest BCUT2D eigenvalue weighted by molar-refractivity contribution is -0.146. The molecule has 7 nitrogen and oxygen atoms in total. The van der Waals surface area contributed by atoms with Crippen LogP contribution in [0.4, 0.5) is 0 Å². The summed E-state index contributed by atoms with van der Waals surface area (Å²) in [4.78, 5) is 39.6. The van der Waals surface area contributed by atoms with Gasteiger partial charge < -0.3 is 19.9 Å². The number of amides is 3. The fourth-order valence-electron chi connectivity index (χ4n) is 3.39. The van der Waals surface area contributed by atoms with Crippen molar-refractivity contribution in [1.82, 2.24) is 15.1 Å². The molecule has 0 spiro atoms. The fourth-order valence-corrected chi connectivity index (χ4v) is 3.39. The van der Waals surface area contributed by atoms with Crippen molar-refractivity contribution in [2.24, 2.45) is 5.41 Å². The number of para-hydroxylation sites is 1. The van der Waals surface area contributed by atoms with E-state index in [-0.39, 0.29) is 11.8 Å². The summed E-state index contributed by atoms with van der Waals surface area (Å²) in [5.41, 5.74) is 0.126. The molecule has 140 valence electrons. The molecule has 26 heavy (non-hydrogen) atoms. The lowest BCUT2D eigenvalue weighted by atomic mass is 10.0. The van der Waals surface area contributed by atoms with E-state index in [9.17, 15) is 14.4 Å². The number of carbonyl (C=O) groups is 3. The summed E-state index contributed by atoms with van der Waals surface area (Å²) in [6, 6.07) is 7.70. The number of methoxy groups -OCH3 is 1. The number of benzene rings is 1. The van der Waals surface area contributed by atoms with Gasteiger partial charge in [0, 0.05) is 32.7 Å². The van der Waals surface area contributed by atoms with Crippen molar-refractivity contribution < 1.29 is 19.1 Å². The first-order chi connectivity index (χ1) is 12.6. The van der Waals surface area contributed by atoms with Crippen molar-refractivity contribution in [3.8, 4) is 5.75 Å². The van der Waals surface area contributed by atoms with E-state index < -0.39 is 5.41 Å². The van der Waals surface area contributed by atoms with Crippen molar-refractivity contribution in [2.45, 2.75) is 19.3 Å². The molecule has 1 aliphatic carbocycles. The van der Waals surface area contributed by atoms with Crippen molar-refractivity contribution in [3.05, 3.63) is 29.8 Å². The maximum Gasteiger partial charge on any atom is 0.238 e. The minimum atomic E-state index is -0.899. The van der Waals surface area contributed by atoms with Crippen LogP contribution in [0.15, 0.2) is 24.3 Å². The standard InChI is InChI=1S/C19H25N3O4/c1-26-16-5-3-2-4-15(16)6-9-20-17(24)19(7-8-19)18(25)22-12-10-21(14-23)11-13-22/h2-5,14H,6-13H2,1H3,(H,20,24). The van der Waals surface area contributed by atoms with Gasteiger partial charge in [0.15, 0.2) is 0 Å². The largest absolute Gasteiger partial charge is 0.496 e. The van der Waals surface area contributed by atoms with Crippen LogP contribution >= 0.6 is 0 Å². The van der Waals surface area contributed by atoms with Crippen LogP contribution in [0.3, 0.4) is 0 Å². The first-order valence-electron chi connectivity index (χ1n) is 8.99. The van der Waals surface area contributed by atoms with Gasteiger partial charge in [-0.25, -0.2) is 0 Å². The van der Waals surface area contributed by atoms with Crippen LogP contribution in [0.1, 0.15) is 18.4 Å². The number of hydrogen-bond acceptors (Lipinski definition) is 4. The molecule has 1 heterocycles. The lowest BCUT2D eigenvalue weighted by Gasteiger charge is -2.34. The summed E-state index contributed by atoms with van der Waals surface area (Å²) in [6.45, 7) is 2.51. The van der Waals surface area contributed by atoms with Gasteiger partial charge >= 0.3 is 0 Å². The number of nitrogens with zero attached hydrogens (tertiary/aromatic N) is 2. The quantitative estimate of drug-likeness (QED) is 0.566.